The molecule has 0 radical (unpaired) electrons. The molecule has 2 heterocycles. The monoisotopic (exact) mass is 396 g/mol. The summed E-state index contributed by atoms with van der Waals surface area (Å²) in [7, 11) is 0. The number of rotatable bonds is 3. The van der Waals surface area contributed by atoms with Crippen molar-refractivity contribution in [3.05, 3.63) is 70.9 Å². The van der Waals surface area contributed by atoms with Crippen molar-refractivity contribution in [2.24, 2.45) is 0 Å². The van der Waals surface area contributed by atoms with E-state index in [1.54, 1.807) is 19.1 Å². The molecule has 2 N–H and O–H groups in total. The normalized spacial score (nSPS) is 14.8. The summed E-state index contributed by atoms with van der Waals surface area (Å²) in [6.07, 6.45) is -0.631. The van der Waals surface area contributed by atoms with Crippen LogP contribution in [-0.4, -0.2) is 28.3 Å². The molecular weight excluding hydrogens is 376 g/mol. The van der Waals surface area contributed by atoms with Crippen molar-refractivity contribution in [3.63, 3.8) is 0 Å². The first kappa shape index (κ1) is 18.6. The van der Waals surface area contributed by atoms with Gasteiger partial charge in [0.25, 0.3) is 0 Å². The van der Waals surface area contributed by atoms with Gasteiger partial charge in [-0.1, -0.05) is 29.8 Å². The lowest BCUT2D eigenvalue weighted by atomic mass is 10.0. The fourth-order valence-electron chi connectivity index (χ4n) is 3.38. The number of hydrogen-bond donors (Lipinski definition) is 2. The lowest BCUT2D eigenvalue weighted by molar-refractivity contribution is 0.194. The SMILES string of the molecule is C[C@H](O)c1cccc(N2CCOc3c(O)cc(-c4cccc(Cl)c4)cc3C2)n1. The Bertz CT molecular complexity index is 1010. The van der Waals surface area contributed by atoms with E-state index in [9.17, 15) is 10.2 Å². The van der Waals surface area contributed by atoms with Crippen LogP contribution in [0.25, 0.3) is 11.1 Å². The summed E-state index contributed by atoms with van der Waals surface area (Å²) in [4.78, 5) is 6.65. The molecule has 0 aliphatic carbocycles. The molecule has 3 aromatic rings. The van der Waals surface area contributed by atoms with Gasteiger partial charge in [0, 0.05) is 17.1 Å². The molecule has 1 aromatic heterocycles. The van der Waals surface area contributed by atoms with Crippen LogP contribution in [0.4, 0.5) is 5.82 Å². The van der Waals surface area contributed by atoms with Gasteiger partial charge in [0.05, 0.1) is 18.3 Å². The molecule has 6 heteroatoms. The number of ether oxygens (including phenoxy) is 1. The van der Waals surface area contributed by atoms with Gasteiger partial charge in [-0.3, -0.25) is 0 Å². The molecule has 1 aliphatic rings. The lowest BCUT2D eigenvalue weighted by Gasteiger charge is -2.22. The van der Waals surface area contributed by atoms with Crippen LogP contribution >= 0.6 is 11.6 Å². The highest BCUT2D eigenvalue weighted by Gasteiger charge is 2.21. The van der Waals surface area contributed by atoms with E-state index in [1.165, 1.54) is 0 Å². The topological polar surface area (TPSA) is 65.8 Å². The molecule has 0 bridgehead atoms. The molecule has 0 spiro atoms. The average molecular weight is 397 g/mol. The summed E-state index contributed by atoms with van der Waals surface area (Å²) in [6, 6.07) is 16.8. The predicted molar refractivity (Wildman–Crippen MR) is 110 cm³/mol. The summed E-state index contributed by atoms with van der Waals surface area (Å²) < 4.78 is 5.83. The van der Waals surface area contributed by atoms with Crippen LogP contribution < -0.4 is 9.64 Å². The highest BCUT2D eigenvalue weighted by Crippen LogP contribution is 2.38. The van der Waals surface area contributed by atoms with Gasteiger partial charge in [-0.25, -0.2) is 4.98 Å². The Morgan fingerprint density at radius 1 is 1.11 bits per heavy atom. The number of hydrogen-bond acceptors (Lipinski definition) is 5. The fourth-order valence-corrected chi connectivity index (χ4v) is 3.57. The Kier molecular flexibility index (Phi) is 5.11. The molecule has 1 aliphatic heterocycles. The minimum absolute atomic E-state index is 0.111. The molecule has 0 fully saturated rings. The van der Waals surface area contributed by atoms with Crippen molar-refractivity contribution in [1.82, 2.24) is 4.98 Å². The first-order valence-corrected chi connectivity index (χ1v) is 9.53. The van der Waals surface area contributed by atoms with Gasteiger partial charge in [-0.15, -0.1) is 0 Å². The molecule has 4 rings (SSSR count). The van der Waals surface area contributed by atoms with E-state index in [1.807, 2.05) is 42.5 Å². The van der Waals surface area contributed by atoms with E-state index in [4.69, 9.17) is 16.3 Å². The van der Waals surface area contributed by atoms with Gasteiger partial charge in [0.2, 0.25) is 0 Å². The maximum atomic E-state index is 10.5. The number of aromatic hydroxyl groups is 1. The first-order chi connectivity index (χ1) is 13.5. The van der Waals surface area contributed by atoms with Crippen LogP contribution in [0.3, 0.4) is 0 Å². The van der Waals surface area contributed by atoms with E-state index in [0.717, 1.165) is 22.5 Å². The van der Waals surface area contributed by atoms with Crippen LogP contribution in [0.2, 0.25) is 5.02 Å². The molecular formula is C22H21ClN2O3. The van der Waals surface area contributed by atoms with Crippen LogP contribution in [0.15, 0.2) is 54.6 Å². The molecule has 0 saturated carbocycles. The van der Waals surface area contributed by atoms with Crippen molar-refractivity contribution in [3.8, 4) is 22.6 Å². The van der Waals surface area contributed by atoms with Gasteiger partial charge >= 0.3 is 0 Å². The summed E-state index contributed by atoms with van der Waals surface area (Å²) in [5.74, 6) is 1.38. The Balaban J connectivity index is 1.71. The van der Waals surface area contributed by atoms with Gasteiger partial charge in [0.15, 0.2) is 11.5 Å². The van der Waals surface area contributed by atoms with Crippen molar-refractivity contribution >= 4 is 17.4 Å². The maximum Gasteiger partial charge on any atom is 0.166 e. The van der Waals surface area contributed by atoms with Crippen LogP contribution in [0, 0.1) is 0 Å². The zero-order chi connectivity index (χ0) is 19.7. The molecule has 0 saturated heterocycles. The summed E-state index contributed by atoms with van der Waals surface area (Å²) in [5.41, 5.74) is 3.29. The van der Waals surface area contributed by atoms with Crippen molar-refractivity contribution in [2.45, 2.75) is 19.6 Å². The maximum absolute atomic E-state index is 10.5. The zero-order valence-corrected chi connectivity index (χ0v) is 16.2. The van der Waals surface area contributed by atoms with E-state index in [2.05, 4.69) is 9.88 Å². The number of aliphatic hydroxyl groups is 1. The highest BCUT2D eigenvalue weighted by atomic mass is 35.5. The third-order valence-corrected chi connectivity index (χ3v) is 5.02. The standard InChI is InChI=1S/C22H21ClN2O3/c1-14(26)19-6-3-7-21(24-19)25-8-9-28-22-17(13-25)10-16(12-20(22)27)15-4-2-5-18(23)11-15/h2-7,10-12,14,26-27H,8-9,13H2,1H3/t14-/m0/s1. The van der Waals surface area contributed by atoms with E-state index in [-0.39, 0.29) is 5.75 Å². The number of phenols is 1. The second-order valence-corrected chi connectivity index (χ2v) is 7.30. The largest absolute Gasteiger partial charge is 0.504 e. The average Bonchev–Trinajstić information content (AvgIpc) is 2.91. The number of pyridine rings is 1. The minimum Gasteiger partial charge on any atom is -0.504 e. The number of nitrogens with zero attached hydrogens (tertiary/aromatic N) is 2. The molecule has 0 amide bonds. The smallest absolute Gasteiger partial charge is 0.166 e. The van der Waals surface area contributed by atoms with Gasteiger partial charge in [-0.05, 0) is 54.4 Å². The first-order valence-electron chi connectivity index (χ1n) is 9.16. The summed E-state index contributed by atoms with van der Waals surface area (Å²) >= 11 is 6.12. The van der Waals surface area contributed by atoms with Crippen LogP contribution in [0.1, 0.15) is 24.3 Å². The second kappa shape index (κ2) is 7.70. The minimum atomic E-state index is -0.631. The zero-order valence-electron chi connectivity index (χ0n) is 15.5. The Morgan fingerprint density at radius 3 is 2.71 bits per heavy atom. The third kappa shape index (κ3) is 3.77. The molecule has 5 nitrogen and oxygen atoms in total. The molecule has 144 valence electrons. The second-order valence-electron chi connectivity index (χ2n) is 6.86. The van der Waals surface area contributed by atoms with Crippen LogP contribution in [0.5, 0.6) is 11.5 Å². The molecule has 2 aromatic carbocycles. The van der Waals surface area contributed by atoms with Crippen molar-refractivity contribution < 1.29 is 14.9 Å². The predicted octanol–water partition coefficient (Wildman–Crippen LogP) is 4.56. The molecule has 28 heavy (non-hydrogen) atoms. The lowest BCUT2D eigenvalue weighted by Crippen LogP contribution is -2.26. The Hall–Kier alpha value is -2.76. The number of aromatic nitrogens is 1. The van der Waals surface area contributed by atoms with Gasteiger partial charge in [0.1, 0.15) is 12.4 Å². The highest BCUT2D eigenvalue weighted by molar-refractivity contribution is 6.30. The number of phenolic OH excluding ortho intramolecular Hbond substituents is 1. The van der Waals surface area contributed by atoms with E-state index < -0.39 is 6.10 Å². The number of halogens is 1. The third-order valence-electron chi connectivity index (χ3n) is 4.78. The van der Waals surface area contributed by atoms with E-state index >= 15 is 0 Å². The van der Waals surface area contributed by atoms with Crippen molar-refractivity contribution in [2.75, 3.05) is 18.1 Å². The van der Waals surface area contributed by atoms with Crippen LogP contribution in [-0.2, 0) is 6.54 Å². The van der Waals surface area contributed by atoms with Gasteiger partial charge in [-0.2, -0.15) is 0 Å². The quantitative estimate of drug-likeness (QED) is 0.679. The van der Waals surface area contributed by atoms with Crippen molar-refractivity contribution in [1.29, 1.82) is 0 Å². The molecule has 1 atom stereocenters. The Morgan fingerprint density at radius 2 is 1.93 bits per heavy atom. The number of benzene rings is 2. The van der Waals surface area contributed by atoms with Gasteiger partial charge < -0.3 is 19.8 Å². The molecule has 0 unspecified atom stereocenters. The summed E-state index contributed by atoms with van der Waals surface area (Å²) in [6.45, 7) is 3.28. The number of aliphatic hydroxyl groups excluding tert-OH is 1. The summed E-state index contributed by atoms with van der Waals surface area (Å²) in [5, 5.41) is 21.0. The number of fused-ring (bicyclic) bond motifs is 1. The Labute approximate surface area is 168 Å². The number of anilines is 1. The fraction of sp³-hybridized carbons (Fsp3) is 0.227. The van der Waals surface area contributed by atoms with E-state index in [0.29, 0.717) is 36.2 Å².